The molecule has 1 atom stereocenters. The fourth-order valence-corrected chi connectivity index (χ4v) is 4.54. The van der Waals surface area contributed by atoms with Crippen LogP contribution in [0.3, 0.4) is 0 Å². The number of esters is 1. The van der Waals surface area contributed by atoms with E-state index < -0.39 is 38.8 Å². The van der Waals surface area contributed by atoms with Crippen LogP contribution in [0, 0.1) is 10.1 Å². The SMILES string of the molecule is C[C@]1(NC(=O)COC(=O)c2cccc([N+](=O)[O-])c2)CCS(=O)(=O)C1. The fraction of sp³-hybridized carbons (Fsp3) is 0.429. The summed E-state index contributed by atoms with van der Waals surface area (Å²) in [5.41, 5.74) is -1.20. The van der Waals surface area contributed by atoms with Gasteiger partial charge in [-0.15, -0.1) is 0 Å². The van der Waals surface area contributed by atoms with E-state index in [1.807, 2.05) is 0 Å². The van der Waals surface area contributed by atoms with Gasteiger partial charge in [0.1, 0.15) is 0 Å². The van der Waals surface area contributed by atoms with E-state index in [-0.39, 0.29) is 22.8 Å². The molecule has 1 aliphatic heterocycles. The Morgan fingerprint density at radius 1 is 1.42 bits per heavy atom. The first kappa shape index (κ1) is 17.9. The molecule has 0 radical (unpaired) electrons. The Morgan fingerprint density at radius 2 is 2.12 bits per heavy atom. The Bertz CT molecular complexity index is 790. The van der Waals surface area contributed by atoms with E-state index in [0.29, 0.717) is 6.42 Å². The molecule has 0 bridgehead atoms. The number of non-ortho nitro benzene ring substituents is 1. The third-order valence-corrected chi connectivity index (χ3v) is 5.47. The van der Waals surface area contributed by atoms with Crippen LogP contribution in [-0.2, 0) is 19.4 Å². The maximum absolute atomic E-state index is 11.8. The quantitative estimate of drug-likeness (QED) is 0.460. The zero-order valence-electron chi connectivity index (χ0n) is 12.9. The van der Waals surface area contributed by atoms with Gasteiger partial charge in [-0.25, -0.2) is 13.2 Å². The van der Waals surface area contributed by atoms with Crippen LogP contribution in [0.5, 0.6) is 0 Å². The molecule has 0 spiro atoms. The Labute approximate surface area is 138 Å². The second-order valence-electron chi connectivity index (χ2n) is 5.83. The normalized spacial score (nSPS) is 21.9. The number of rotatable bonds is 5. The van der Waals surface area contributed by atoms with Crippen LogP contribution in [0.25, 0.3) is 0 Å². The highest BCUT2D eigenvalue weighted by Gasteiger charge is 2.39. The van der Waals surface area contributed by atoms with E-state index in [1.165, 1.54) is 18.2 Å². The fourth-order valence-electron chi connectivity index (χ4n) is 2.44. The minimum atomic E-state index is -3.17. The van der Waals surface area contributed by atoms with Crippen LogP contribution in [0.2, 0.25) is 0 Å². The summed E-state index contributed by atoms with van der Waals surface area (Å²) >= 11 is 0. The predicted molar refractivity (Wildman–Crippen MR) is 83.2 cm³/mol. The van der Waals surface area contributed by atoms with Crippen LogP contribution in [0.15, 0.2) is 24.3 Å². The van der Waals surface area contributed by atoms with E-state index in [9.17, 15) is 28.1 Å². The van der Waals surface area contributed by atoms with Crippen LogP contribution in [0.1, 0.15) is 23.7 Å². The molecule has 1 heterocycles. The molecule has 1 amide bonds. The number of hydrogen-bond acceptors (Lipinski definition) is 7. The molecule has 1 aliphatic rings. The van der Waals surface area contributed by atoms with Gasteiger partial charge in [0, 0.05) is 12.1 Å². The maximum atomic E-state index is 11.8. The Kier molecular flexibility index (Phi) is 4.88. The Hall–Kier alpha value is -2.49. The Balaban J connectivity index is 1.91. The van der Waals surface area contributed by atoms with E-state index in [4.69, 9.17) is 4.74 Å². The summed E-state index contributed by atoms with van der Waals surface area (Å²) in [5, 5.41) is 13.2. The number of nitrogens with zero attached hydrogens (tertiary/aromatic N) is 1. The summed E-state index contributed by atoms with van der Waals surface area (Å²) in [6, 6.07) is 4.94. The average molecular weight is 356 g/mol. The summed E-state index contributed by atoms with van der Waals surface area (Å²) in [6.45, 7) is 1.01. The van der Waals surface area contributed by atoms with E-state index >= 15 is 0 Å². The van der Waals surface area contributed by atoms with Gasteiger partial charge in [-0.05, 0) is 19.4 Å². The van der Waals surface area contributed by atoms with Crippen LogP contribution >= 0.6 is 0 Å². The summed E-state index contributed by atoms with van der Waals surface area (Å²) in [6.07, 6.45) is 0.292. The van der Waals surface area contributed by atoms with Crippen molar-refractivity contribution in [3.8, 4) is 0 Å². The van der Waals surface area contributed by atoms with Crippen molar-refractivity contribution >= 4 is 27.4 Å². The molecule has 10 heteroatoms. The third-order valence-electron chi connectivity index (χ3n) is 3.57. The predicted octanol–water partition coefficient (Wildman–Crippen LogP) is 0.445. The molecule has 0 aromatic heterocycles. The lowest BCUT2D eigenvalue weighted by atomic mass is 10.0. The molecular formula is C14H16N2O7S. The third kappa shape index (κ3) is 4.51. The number of sulfone groups is 1. The van der Waals surface area contributed by atoms with Crippen molar-refractivity contribution < 1.29 is 27.7 Å². The standard InChI is InChI=1S/C14H16N2O7S/c1-14(5-6-24(21,22)9-14)15-12(17)8-23-13(18)10-3-2-4-11(7-10)16(19)20/h2-4,7H,5-6,8-9H2,1H3,(H,15,17)/t14-/m0/s1. The molecule has 9 nitrogen and oxygen atoms in total. The molecule has 2 rings (SSSR count). The van der Waals surface area contributed by atoms with E-state index in [1.54, 1.807) is 6.92 Å². The number of nitrogens with one attached hydrogen (secondary N) is 1. The molecule has 1 N–H and O–H groups in total. The second-order valence-corrected chi connectivity index (χ2v) is 8.02. The van der Waals surface area contributed by atoms with Gasteiger partial charge < -0.3 is 10.1 Å². The molecule has 0 aliphatic carbocycles. The molecule has 24 heavy (non-hydrogen) atoms. The molecule has 0 unspecified atom stereocenters. The van der Waals surface area contributed by atoms with Crippen molar-refractivity contribution in [2.75, 3.05) is 18.1 Å². The zero-order valence-corrected chi connectivity index (χ0v) is 13.7. The molecule has 1 aromatic carbocycles. The van der Waals surface area contributed by atoms with Crippen molar-refractivity contribution in [3.05, 3.63) is 39.9 Å². The number of amides is 1. The van der Waals surface area contributed by atoms with Crippen molar-refractivity contribution in [2.24, 2.45) is 0 Å². The first-order valence-corrected chi connectivity index (χ1v) is 8.85. The van der Waals surface area contributed by atoms with Gasteiger partial charge in [-0.3, -0.25) is 14.9 Å². The highest BCUT2D eigenvalue weighted by molar-refractivity contribution is 7.91. The number of benzene rings is 1. The molecule has 1 fully saturated rings. The van der Waals surface area contributed by atoms with E-state index in [0.717, 1.165) is 6.07 Å². The largest absolute Gasteiger partial charge is 0.452 e. The van der Waals surface area contributed by atoms with Gasteiger partial charge in [0.15, 0.2) is 16.4 Å². The highest BCUT2D eigenvalue weighted by Crippen LogP contribution is 2.22. The number of carbonyl (C=O) groups excluding carboxylic acids is 2. The zero-order chi connectivity index (χ0) is 18.0. The number of nitro benzene ring substituents is 1. The van der Waals surface area contributed by atoms with Gasteiger partial charge in [0.25, 0.3) is 11.6 Å². The van der Waals surface area contributed by atoms with Gasteiger partial charge >= 0.3 is 5.97 Å². The lowest BCUT2D eigenvalue weighted by Gasteiger charge is -2.23. The summed E-state index contributed by atoms with van der Waals surface area (Å²) in [5.74, 6) is -1.67. The monoisotopic (exact) mass is 356 g/mol. The molecule has 1 saturated heterocycles. The summed E-state index contributed by atoms with van der Waals surface area (Å²) in [4.78, 5) is 33.7. The smallest absolute Gasteiger partial charge is 0.338 e. The lowest BCUT2D eigenvalue weighted by molar-refractivity contribution is -0.384. The van der Waals surface area contributed by atoms with Crippen LogP contribution in [-0.4, -0.2) is 48.9 Å². The van der Waals surface area contributed by atoms with Gasteiger partial charge in [-0.2, -0.15) is 0 Å². The van der Waals surface area contributed by atoms with Crippen molar-refractivity contribution in [3.63, 3.8) is 0 Å². The number of ether oxygens (including phenoxy) is 1. The number of carbonyl (C=O) groups is 2. The number of hydrogen-bond donors (Lipinski definition) is 1. The summed E-state index contributed by atoms with van der Waals surface area (Å²) < 4.78 is 27.8. The van der Waals surface area contributed by atoms with Crippen molar-refractivity contribution in [1.82, 2.24) is 5.32 Å². The van der Waals surface area contributed by atoms with E-state index in [2.05, 4.69) is 5.32 Å². The van der Waals surface area contributed by atoms with Crippen molar-refractivity contribution in [2.45, 2.75) is 18.9 Å². The lowest BCUT2D eigenvalue weighted by Crippen LogP contribution is -2.48. The first-order valence-electron chi connectivity index (χ1n) is 7.03. The number of nitro groups is 1. The first-order chi connectivity index (χ1) is 11.1. The minimum Gasteiger partial charge on any atom is -0.452 e. The minimum absolute atomic E-state index is 0.00273. The topological polar surface area (TPSA) is 133 Å². The maximum Gasteiger partial charge on any atom is 0.338 e. The highest BCUT2D eigenvalue weighted by atomic mass is 32.2. The average Bonchev–Trinajstić information content (AvgIpc) is 2.78. The Morgan fingerprint density at radius 3 is 2.71 bits per heavy atom. The molecule has 1 aromatic rings. The molecule has 130 valence electrons. The second kappa shape index (κ2) is 6.56. The molecule has 0 saturated carbocycles. The van der Waals surface area contributed by atoms with Gasteiger partial charge in [0.2, 0.25) is 0 Å². The van der Waals surface area contributed by atoms with Gasteiger partial charge in [-0.1, -0.05) is 6.07 Å². The summed E-state index contributed by atoms with van der Waals surface area (Å²) in [7, 11) is -3.17. The van der Waals surface area contributed by atoms with Crippen LogP contribution in [0.4, 0.5) is 5.69 Å². The van der Waals surface area contributed by atoms with Crippen molar-refractivity contribution in [1.29, 1.82) is 0 Å². The molecular weight excluding hydrogens is 340 g/mol. The van der Waals surface area contributed by atoms with Gasteiger partial charge in [0.05, 0.1) is 27.5 Å². The van der Waals surface area contributed by atoms with Crippen LogP contribution < -0.4 is 5.32 Å².